The molecule has 6 unspecified atom stereocenters. The van der Waals surface area contributed by atoms with Crippen LogP contribution in [0.4, 0.5) is 0 Å². The molecule has 32 heavy (non-hydrogen) atoms. The number of hydrogen-bond acceptors (Lipinski definition) is 7. The van der Waals surface area contributed by atoms with Crippen molar-refractivity contribution in [3.05, 3.63) is 0 Å². The molecule has 13 nitrogen and oxygen atoms in total. The monoisotopic (exact) mass is 459 g/mol. The number of guanidine groups is 1. The van der Waals surface area contributed by atoms with E-state index in [9.17, 15) is 29.4 Å². The SMILES string of the molecule is CCC(C)C(NC(=O)C(NC(=O)C(C)NC(=O)C(N)CCCN=C(N)N)C(C)O)C(=O)O. The molecule has 0 aliphatic rings. The molecular weight excluding hydrogens is 422 g/mol. The van der Waals surface area contributed by atoms with Crippen LogP contribution in [0.5, 0.6) is 0 Å². The zero-order valence-electron chi connectivity index (χ0n) is 19.0. The molecule has 0 rings (SSSR count). The first kappa shape index (κ1) is 29.1. The molecule has 11 N–H and O–H groups in total. The number of nitrogens with one attached hydrogen (secondary N) is 3. The van der Waals surface area contributed by atoms with Gasteiger partial charge in [-0.3, -0.25) is 19.4 Å². The van der Waals surface area contributed by atoms with Gasteiger partial charge in [-0.15, -0.1) is 0 Å². The summed E-state index contributed by atoms with van der Waals surface area (Å²) in [6, 6.07) is -4.56. The lowest BCUT2D eigenvalue weighted by Crippen LogP contribution is -2.59. The van der Waals surface area contributed by atoms with Crippen molar-refractivity contribution in [2.75, 3.05) is 6.54 Å². The van der Waals surface area contributed by atoms with Crippen LogP contribution < -0.4 is 33.2 Å². The molecule has 13 heteroatoms. The lowest BCUT2D eigenvalue weighted by Gasteiger charge is -2.27. The molecule has 0 saturated heterocycles. The minimum atomic E-state index is -1.42. The molecule has 6 atom stereocenters. The molecule has 0 aromatic rings. The van der Waals surface area contributed by atoms with Gasteiger partial charge in [-0.1, -0.05) is 20.3 Å². The van der Waals surface area contributed by atoms with Crippen LogP contribution in [0.25, 0.3) is 0 Å². The first-order valence-corrected chi connectivity index (χ1v) is 10.4. The van der Waals surface area contributed by atoms with Gasteiger partial charge in [-0.2, -0.15) is 0 Å². The van der Waals surface area contributed by atoms with Gasteiger partial charge in [-0.25, -0.2) is 4.79 Å². The van der Waals surface area contributed by atoms with E-state index in [-0.39, 0.29) is 18.3 Å². The van der Waals surface area contributed by atoms with Gasteiger partial charge in [0.25, 0.3) is 0 Å². The number of aliphatic hydroxyl groups excluding tert-OH is 1. The Morgan fingerprint density at radius 1 is 0.938 bits per heavy atom. The van der Waals surface area contributed by atoms with E-state index in [0.29, 0.717) is 19.4 Å². The molecule has 0 aliphatic heterocycles. The second-order valence-corrected chi connectivity index (χ2v) is 7.72. The third-order valence-electron chi connectivity index (χ3n) is 4.90. The number of aliphatic carboxylic acids is 1. The summed E-state index contributed by atoms with van der Waals surface area (Å²) < 4.78 is 0. The fourth-order valence-corrected chi connectivity index (χ4v) is 2.65. The second-order valence-electron chi connectivity index (χ2n) is 7.72. The van der Waals surface area contributed by atoms with Gasteiger partial charge >= 0.3 is 5.97 Å². The number of rotatable bonds is 14. The summed E-state index contributed by atoms with van der Waals surface area (Å²) in [6.07, 6.45) is -0.0794. The summed E-state index contributed by atoms with van der Waals surface area (Å²) in [5.41, 5.74) is 16.2. The minimum Gasteiger partial charge on any atom is -0.480 e. The number of carbonyl (C=O) groups is 4. The highest BCUT2D eigenvalue weighted by Crippen LogP contribution is 2.09. The molecule has 0 aromatic carbocycles. The number of aliphatic hydroxyl groups is 1. The predicted molar refractivity (Wildman–Crippen MR) is 118 cm³/mol. The van der Waals surface area contributed by atoms with Gasteiger partial charge in [0.05, 0.1) is 12.1 Å². The van der Waals surface area contributed by atoms with E-state index in [2.05, 4.69) is 20.9 Å². The Labute approximate surface area is 187 Å². The Hall–Kier alpha value is -2.93. The Morgan fingerprint density at radius 2 is 1.50 bits per heavy atom. The first-order chi connectivity index (χ1) is 14.8. The van der Waals surface area contributed by atoms with Gasteiger partial charge in [0.15, 0.2) is 5.96 Å². The van der Waals surface area contributed by atoms with Gasteiger partial charge in [0.1, 0.15) is 18.1 Å². The molecular formula is C19H37N7O6. The van der Waals surface area contributed by atoms with Crippen molar-refractivity contribution >= 4 is 29.7 Å². The predicted octanol–water partition coefficient (Wildman–Crippen LogP) is -2.65. The molecule has 0 aromatic heterocycles. The normalized spacial score (nSPS) is 16.4. The lowest BCUT2D eigenvalue weighted by molar-refractivity contribution is -0.144. The molecule has 0 saturated carbocycles. The second kappa shape index (κ2) is 14.2. The molecule has 184 valence electrons. The quantitative estimate of drug-likeness (QED) is 0.0768. The van der Waals surface area contributed by atoms with Crippen LogP contribution in [-0.4, -0.2) is 76.7 Å². The van der Waals surface area contributed by atoms with Crippen molar-refractivity contribution in [1.82, 2.24) is 16.0 Å². The number of nitrogens with zero attached hydrogens (tertiary/aromatic N) is 1. The van der Waals surface area contributed by atoms with E-state index in [1.165, 1.54) is 13.8 Å². The zero-order valence-corrected chi connectivity index (χ0v) is 19.0. The van der Waals surface area contributed by atoms with E-state index >= 15 is 0 Å². The highest BCUT2D eigenvalue weighted by Gasteiger charge is 2.33. The maximum Gasteiger partial charge on any atom is 0.326 e. The molecule has 0 fully saturated rings. The summed E-state index contributed by atoms with van der Waals surface area (Å²) in [7, 11) is 0. The highest BCUT2D eigenvalue weighted by atomic mass is 16.4. The number of carboxylic acid groups (broad SMARTS) is 1. The number of carboxylic acids is 1. The van der Waals surface area contributed by atoms with Crippen molar-refractivity contribution in [3.8, 4) is 0 Å². The van der Waals surface area contributed by atoms with Crippen LogP contribution >= 0.6 is 0 Å². The largest absolute Gasteiger partial charge is 0.480 e. The van der Waals surface area contributed by atoms with Crippen molar-refractivity contribution in [2.24, 2.45) is 28.1 Å². The topological polar surface area (TPSA) is 235 Å². The van der Waals surface area contributed by atoms with E-state index in [1.807, 2.05) is 0 Å². The fourth-order valence-electron chi connectivity index (χ4n) is 2.65. The molecule has 0 radical (unpaired) electrons. The van der Waals surface area contributed by atoms with E-state index in [1.54, 1.807) is 13.8 Å². The first-order valence-electron chi connectivity index (χ1n) is 10.4. The number of aliphatic imine (C=N–C) groups is 1. The summed E-state index contributed by atoms with van der Waals surface area (Å²) in [5.74, 6) is -3.84. The minimum absolute atomic E-state index is 0.0659. The smallest absolute Gasteiger partial charge is 0.326 e. The average Bonchev–Trinajstić information content (AvgIpc) is 2.71. The van der Waals surface area contributed by atoms with Crippen LogP contribution in [0.3, 0.4) is 0 Å². The molecule has 0 spiro atoms. The van der Waals surface area contributed by atoms with Crippen molar-refractivity contribution < 1.29 is 29.4 Å². The highest BCUT2D eigenvalue weighted by molar-refractivity contribution is 5.94. The number of amides is 3. The van der Waals surface area contributed by atoms with Gasteiger partial charge < -0.3 is 43.4 Å². The number of hydrogen-bond donors (Lipinski definition) is 8. The molecule has 0 heterocycles. The van der Waals surface area contributed by atoms with E-state index < -0.39 is 54.0 Å². The summed E-state index contributed by atoms with van der Waals surface area (Å²) in [4.78, 5) is 52.3. The fraction of sp³-hybridized carbons (Fsp3) is 0.737. The molecule has 0 aliphatic carbocycles. The maximum absolute atomic E-state index is 12.5. The maximum atomic E-state index is 12.5. The third kappa shape index (κ3) is 10.4. The van der Waals surface area contributed by atoms with Gasteiger partial charge in [-0.05, 0) is 32.6 Å². The zero-order chi connectivity index (χ0) is 25.0. The Bertz CT molecular complexity index is 681. The lowest BCUT2D eigenvalue weighted by atomic mass is 9.98. The third-order valence-corrected chi connectivity index (χ3v) is 4.90. The van der Waals surface area contributed by atoms with Crippen molar-refractivity contribution in [2.45, 2.75) is 77.2 Å². The van der Waals surface area contributed by atoms with E-state index in [4.69, 9.17) is 17.2 Å². The Balaban J connectivity index is 4.92. The van der Waals surface area contributed by atoms with Crippen molar-refractivity contribution in [1.29, 1.82) is 0 Å². The average molecular weight is 460 g/mol. The standard InChI is InChI=1S/C19H37N7O6/c1-5-9(2)13(18(31)32)25-17(30)14(11(4)27)26-15(28)10(3)24-16(29)12(20)7-6-8-23-19(21)22/h9-14,27H,5-8,20H2,1-4H3,(H,24,29)(H,25,30)(H,26,28)(H,31,32)(H4,21,22,23). The van der Waals surface area contributed by atoms with Crippen LogP contribution in [0.15, 0.2) is 4.99 Å². The summed E-state index contributed by atoms with van der Waals surface area (Å²) in [5, 5.41) is 26.4. The Morgan fingerprint density at radius 3 is 1.97 bits per heavy atom. The number of nitrogens with two attached hydrogens (primary N) is 3. The summed E-state index contributed by atoms with van der Waals surface area (Å²) >= 11 is 0. The molecule has 0 bridgehead atoms. The van der Waals surface area contributed by atoms with Crippen LogP contribution in [0.2, 0.25) is 0 Å². The van der Waals surface area contributed by atoms with Crippen LogP contribution in [0, 0.1) is 5.92 Å². The van der Waals surface area contributed by atoms with Crippen molar-refractivity contribution in [3.63, 3.8) is 0 Å². The summed E-state index contributed by atoms with van der Waals surface area (Å²) in [6.45, 7) is 6.40. The molecule has 3 amide bonds. The Kier molecular flexibility index (Phi) is 12.9. The van der Waals surface area contributed by atoms with Crippen LogP contribution in [0.1, 0.15) is 47.0 Å². The van der Waals surface area contributed by atoms with Gasteiger partial charge in [0, 0.05) is 6.54 Å². The van der Waals surface area contributed by atoms with E-state index in [0.717, 1.165) is 0 Å². The van der Waals surface area contributed by atoms with Gasteiger partial charge in [0.2, 0.25) is 17.7 Å². The van der Waals surface area contributed by atoms with Crippen LogP contribution in [-0.2, 0) is 19.2 Å². The number of carbonyl (C=O) groups excluding carboxylic acids is 3.